The molecule has 0 saturated heterocycles. The number of fused-ring (bicyclic) bond motifs is 1. The lowest BCUT2D eigenvalue weighted by Crippen LogP contribution is -2.20. The summed E-state index contributed by atoms with van der Waals surface area (Å²) in [5.74, 6) is 0.552. The molecule has 0 atom stereocenters. The maximum Gasteiger partial charge on any atom is 0.264 e. The number of aromatic nitrogens is 1. The van der Waals surface area contributed by atoms with Gasteiger partial charge in [0.2, 0.25) is 0 Å². The minimum atomic E-state index is -0.161. The van der Waals surface area contributed by atoms with Gasteiger partial charge >= 0.3 is 0 Å². The number of hydrogen-bond acceptors (Lipinski definition) is 4. The van der Waals surface area contributed by atoms with Gasteiger partial charge in [-0.3, -0.25) is 10.1 Å². The van der Waals surface area contributed by atoms with Gasteiger partial charge < -0.3 is 4.74 Å². The number of halogens is 1. The van der Waals surface area contributed by atoms with E-state index < -0.39 is 0 Å². The molecule has 0 unspecified atom stereocenters. The van der Waals surface area contributed by atoms with Gasteiger partial charge in [-0.25, -0.2) is 4.98 Å². The van der Waals surface area contributed by atoms with Crippen LogP contribution in [0.2, 0.25) is 0 Å². The SMILES string of the molecule is CCc1ccc(OCC(=O)Nc2nc3c(s2)CCCC3)cc1.Cl. The molecule has 6 heteroatoms. The molecule has 0 spiro atoms. The van der Waals surface area contributed by atoms with Crippen LogP contribution in [-0.2, 0) is 24.1 Å². The molecular formula is C17H21ClN2O2S. The number of carbonyl (C=O) groups excluding carboxylic acids is 1. The number of ether oxygens (including phenoxy) is 1. The summed E-state index contributed by atoms with van der Waals surface area (Å²) in [6.45, 7) is 2.12. The van der Waals surface area contributed by atoms with Crippen molar-refractivity contribution in [3.63, 3.8) is 0 Å². The van der Waals surface area contributed by atoms with E-state index in [4.69, 9.17) is 4.74 Å². The van der Waals surface area contributed by atoms with Crippen LogP contribution < -0.4 is 10.1 Å². The third-order valence-electron chi connectivity index (χ3n) is 3.79. The Morgan fingerprint density at radius 2 is 2.00 bits per heavy atom. The number of thiazole rings is 1. The zero-order chi connectivity index (χ0) is 15.4. The Bertz CT molecular complexity index is 632. The second-order valence-electron chi connectivity index (χ2n) is 5.43. The van der Waals surface area contributed by atoms with E-state index in [-0.39, 0.29) is 24.9 Å². The first-order chi connectivity index (χ1) is 10.7. The number of hydrogen-bond donors (Lipinski definition) is 1. The first-order valence-electron chi connectivity index (χ1n) is 7.75. The molecule has 1 N–H and O–H groups in total. The van der Waals surface area contributed by atoms with Gasteiger partial charge in [0.1, 0.15) is 5.75 Å². The predicted octanol–water partition coefficient (Wildman–Crippen LogP) is 4.02. The van der Waals surface area contributed by atoms with E-state index >= 15 is 0 Å². The molecule has 0 saturated carbocycles. The number of benzene rings is 1. The molecule has 1 aliphatic rings. The number of carbonyl (C=O) groups is 1. The summed E-state index contributed by atoms with van der Waals surface area (Å²) in [6, 6.07) is 7.83. The average molecular weight is 353 g/mol. The summed E-state index contributed by atoms with van der Waals surface area (Å²) in [7, 11) is 0. The zero-order valence-corrected chi connectivity index (χ0v) is 14.8. The summed E-state index contributed by atoms with van der Waals surface area (Å²) in [4.78, 5) is 17.8. The van der Waals surface area contributed by atoms with Gasteiger partial charge in [0.15, 0.2) is 11.7 Å². The number of rotatable bonds is 5. The third-order valence-corrected chi connectivity index (χ3v) is 4.87. The molecule has 2 aromatic rings. The molecule has 4 nitrogen and oxygen atoms in total. The van der Waals surface area contributed by atoms with Crippen molar-refractivity contribution in [1.82, 2.24) is 4.98 Å². The third kappa shape index (κ3) is 4.69. The molecule has 0 fully saturated rings. The van der Waals surface area contributed by atoms with Crippen LogP contribution in [0, 0.1) is 0 Å². The standard InChI is InChI=1S/C17H20N2O2S.ClH/c1-2-12-7-9-13(10-8-12)21-11-16(20)19-17-18-14-5-3-4-6-15(14)22-17;/h7-10H,2-6,11H2,1H3,(H,18,19,20);1H. The number of nitrogens with one attached hydrogen (secondary N) is 1. The lowest BCUT2D eigenvalue weighted by atomic mass is 10.0. The topological polar surface area (TPSA) is 51.2 Å². The number of aryl methyl sites for hydroxylation is 3. The molecule has 1 amide bonds. The highest BCUT2D eigenvalue weighted by Crippen LogP contribution is 2.29. The monoisotopic (exact) mass is 352 g/mol. The molecule has 1 aromatic heterocycles. The predicted molar refractivity (Wildman–Crippen MR) is 95.9 cm³/mol. The molecule has 0 radical (unpaired) electrons. The Morgan fingerprint density at radius 1 is 1.26 bits per heavy atom. The van der Waals surface area contributed by atoms with Gasteiger partial charge in [0.25, 0.3) is 5.91 Å². The highest BCUT2D eigenvalue weighted by atomic mass is 35.5. The van der Waals surface area contributed by atoms with Crippen molar-refractivity contribution in [2.45, 2.75) is 39.0 Å². The van der Waals surface area contributed by atoms with E-state index in [2.05, 4.69) is 17.2 Å². The molecule has 0 aliphatic heterocycles. The normalized spacial score (nSPS) is 12.9. The molecule has 1 aliphatic carbocycles. The van der Waals surface area contributed by atoms with Gasteiger partial charge in [0.05, 0.1) is 5.69 Å². The molecule has 0 bridgehead atoms. The lowest BCUT2D eigenvalue weighted by Gasteiger charge is -2.06. The van der Waals surface area contributed by atoms with Gasteiger partial charge in [-0.1, -0.05) is 19.1 Å². The Morgan fingerprint density at radius 3 is 2.70 bits per heavy atom. The van der Waals surface area contributed by atoms with Crippen LogP contribution in [0.25, 0.3) is 0 Å². The summed E-state index contributed by atoms with van der Waals surface area (Å²) in [6.07, 6.45) is 5.53. The van der Waals surface area contributed by atoms with E-state index in [1.54, 1.807) is 11.3 Å². The first-order valence-corrected chi connectivity index (χ1v) is 8.56. The van der Waals surface area contributed by atoms with Crippen molar-refractivity contribution >= 4 is 34.8 Å². The molecular weight excluding hydrogens is 332 g/mol. The van der Waals surface area contributed by atoms with E-state index in [9.17, 15) is 4.79 Å². The van der Waals surface area contributed by atoms with Crippen LogP contribution >= 0.6 is 23.7 Å². The highest BCUT2D eigenvalue weighted by Gasteiger charge is 2.16. The minimum absolute atomic E-state index is 0. The highest BCUT2D eigenvalue weighted by molar-refractivity contribution is 7.15. The summed E-state index contributed by atoms with van der Waals surface area (Å²) < 4.78 is 5.51. The van der Waals surface area contributed by atoms with Crippen molar-refractivity contribution in [2.75, 3.05) is 11.9 Å². The quantitative estimate of drug-likeness (QED) is 0.884. The van der Waals surface area contributed by atoms with Crippen molar-refractivity contribution < 1.29 is 9.53 Å². The summed E-state index contributed by atoms with van der Waals surface area (Å²) in [5, 5.41) is 3.53. The molecule has 1 aromatic carbocycles. The van der Waals surface area contributed by atoms with Crippen molar-refractivity contribution in [1.29, 1.82) is 0 Å². The van der Waals surface area contributed by atoms with Gasteiger partial charge in [0, 0.05) is 4.88 Å². The Balaban J connectivity index is 0.00000192. The van der Waals surface area contributed by atoms with Crippen LogP contribution in [0.1, 0.15) is 35.9 Å². The smallest absolute Gasteiger partial charge is 0.264 e. The van der Waals surface area contributed by atoms with Gasteiger partial charge in [-0.05, 0) is 49.8 Å². The van der Waals surface area contributed by atoms with E-state index in [1.165, 1.54) is 23.3 Å². The van der Waals surface area contributed by atoms with Crippen molar-refractivity contribution in [3.05, 3.63) is 40.4 Å². The lowest BCUT2D eigenvalue weighted by molar-refractivity contribution is -0.118. The number of nitrogens with zero attached hydrogens (tertiary/aromatic N) is 1. The van der Waals surface area contributed by atoms with Crippen molar-refractivity contribution in [2.24, 2.45) is 0 Å². The fourth-order valence-electron chi connectivity index (χ4n) is 2.53. The summed E-state index contributed by atoms with van der Waals surface area (Å²) in [5.41, 5.74) is 2.41. The summed E-state index contributed by atoms with van der Waals surface area (Å²) >= 11 is 1.59. The Kier molecular flexibility index (Phi) is 6.42. The van der Waals surface area contributed by atoms with Crippen LogP contribution in [0.3, 0.4) is 0 Å². The first kappa shape index (κ1) is 17.8. The molecule has 1 heterocycles. The zero-order valence-electron chi connectivity index (χ0n) is 13.1. The average Bonchev–Trinajstić information content (AvgIpc) is 2.95. The number of amides is 1. The van der Waals surface area contributed by atoms with Crippen LogP contribution in [0.5, 0.6) is 5.75 Å². The largest absolute Gasteiger partial charge is 0.484 e. The van der Waals surface area contributed by atoms with Crippen molar-refractivity contribution in [3.8, 4) is 5.75 Å². The second kappa shape index (κ2) is 8.31. The van der Waals surface area contributed by atoms with E-state index in [0.717, 1.165) is 25.0 Å². The Hall–Kier alpha value is -1.59. The van der Waals surface area contributed by atoms with Gasteiger partial charge in [-0.15, -0.1) is 23.7 Å². The van der Waals surface area contributed by atoms with Crippen LogP contribution in [0.15, 0.2) is 24.3 Å². The fourth-order valence-corrected chi connectivity index (χ4v) is 3.60. The Labute approximate surface area is 146 Å². The second-order valence-corrected chi connectivity index (χ2v) is 6.51. The molecule has 124 valence electrons. The minimum Gasteiger partial charge on any atom is -0.484 e. The fraction of sp³-hybridized carbons (Fsp3) is 0.412. The van der Waals surface area contributed by atoms with Gasteiger partial charge in [-0.2, -0.15) is 0 Å². The van der Waals surface area contributed by atoms with Crippen LogP contribution in [-0.4, -0.2) is 17.5 Å². The molecule has 3 rings (SSSR count). The molecule has 23 heavy (non-hydrogen) atoms. The van der Waals surface area contributed by atoms with Crippen LogP contribution in [0.4, 0.5) is 5.13 Å². The number of anilines is 1. The van der Waals surface area contributed by atoms with E-state index in [1.807, 2.05) is 24.3 Å². The maximum atomic E-state index is 12.0. The maximum absolute atomic E-state index is 12.0. The van der Waals surface area contributed by atoms with E-state index in [0.29, 0.717) is 10.9 Å².